The zero-order valence-electron chi connectivity index (χ0n) is 10.4. The first-order valence-electron chi connectivity index (χ1n) is 5.74. The molecule has 0 aliphatic carbocycles. The number of hydrogen-bond donors (Lipinski definition) is 2. The molecule has 0 bridgehead atoms. The summed E-state index contributed by atoms with van der Waals surface area (Å²) in [6, 6.07) is 5.64. The summed E-state index contributed by atoms with van der Waals surface area (Å²) < 4.78 is 2.53. The van der Waals surface area contributed by atoms with Gasteiger partial charge in [-0.3, -0.25) is 4.68 Å². The van der Waals surface area contributed by atoms with E-state index in [0.717, 1.165) is 22.3 Å². The van der Waals surface area contributed by atoms with E-state index in [1.807, 2.05) is 43.0 Å². The normalized spacial score (nSPS) is 10.8. The minimum atomic E-state index is 0.299. The molecule has 2 N–H and O–H groups in total. The number of nitrogens with one attached hydrogen (secondary N) is 1. The van der Waals surface area contributed by atoms with Crippen molar-refractivity contribution in [2.24, 2.45) is 7.05 Å². The maximum atomic E-state index is 9.85. The third-order valence-electron chi connectivity index (χ3n) is 2.82. The summed E-state index contributed by atoms with van der Waals surface area (Å²) in [6.07, 6.45) is 2.00. The zero-order chi connectivity index (χ0) is 13.1. The SMILES string of the molecule is Cc1nn(C)cc1CNCc1cccc(Br)c1O. The number of aryl methyl sites for hydroxylation is 2. The largest absolute Gasteiger partial charge is 0.506 e. The lowest BCUT2D eigenvalue weighted by atomic mass is 10.2. The monoisotopic (exact) mass is 309 g/mol. The van der Waals surface area contributed by atoms with Crippen LogP contribution in [0.5, 0.6) is 5.75 Å². The average molecular weight is 310 g/mol. The van der Waals surface area contributed by atoms with Crippen LogP contribution in [0, 0.1) is 6.92 Å². The van der Waals surface area contributed by atoms with E-state index in [4.69, 9.17) is 0 Å². The van der Waals surface area contributed by atoms with Crippen molar-refractivity contribution in [1.29, 1.82) is 0 Å². The lowest BCUT2D eigenvalue weighted by Gasteiger charge is -2.07. The quantitative estimate of drug-likeness (QED) is 0.912. The fourth-order valence-corrected chi connectivity index (χ4v) is 2.26. The molecule has 96 valence electrons. The summed E-state index contributed by atoms with van der Waals surface area (Å²) in [5, 5.41) is 17.4. The number of halogens is 1. The summed E-state index contributed by atoms with van der Waals surface area (Å²) in [6.45, 7) is 3.36. The zero-order valence-corrected chi connectivity index (χ0v) is 12.0. The molecular formula is C13H16BrN3O. The standard InChI is InChI=1S/C13H16BrN3O/c1-9-11(8-17(2)16-9)7-15-6-10-4-3-5-12(14)13(10)18/h3-5,8,15,18H,6-7H2,1-2H3. The number of nitrogens with zero attached hydrogens (tertiary/aromatic N) is 2. The van der Waals surface area contributed by atoms with Gasteiger partial charge in [0.2, 0.25) is 0 Å². The molecule has 0 radical (unpaired) electrons. The van der Waals surface area contributed by atoms with Gasteiger partial charge in [-0.05, 0) is 28.9 Å². The topological polar surface area (TPSA) is 50.1 Å². The van der Waals surface area contributed by atoms with Gasteiger partial charge in [-0.1, -0.05) is 12.1 Å². The Morgan fingerprint density at radius 2 is 2.06 bits per heavy atom. The van der Waals surface area contributed by atoms with Crippen LogP contribution in [0.3, 0.4) is 0 Å². The molecule has 0 spiro atoms. The van der Waals surface area contributed by atoms with Crippen LogP contribution in [0.1, 0.15) is 16.8 Å². The molecule has 0 fully saturated rings. The summed E-state index contributed by atoms with van der Waals surface area (Å²) in [5.74, 6) is 0.299. The maximum Gasteiger partial charge on any atom is 0.134 e. The van der Waals surface area contributed by atoms with E-state index in [1.54, 1.807) is 0 Å². The molecule has 1 heterocycles. The summed E-state index contributed by atoms with van der Waals surface area (Å²) in [4.78, 5) is 0. The van der Waals surface area contributed by atoms with Crippen molar-refractivity contribution in [1.82, 2.24) is 15.1 Å². The number of aromatic nitrogens is 2. The summed E-state index contributed by atoms with van der Waals surface area (Å²) in [7, 11) is 1.91. The second-order valence-electron chi connectivity index (χ2n) is 4.26. The van der Waals surface area contributed by atoms with Crippen molar-refractivity contribution in [2.75, 3.05) is 0 Å². The van der Waals surface area contributed by atoms with E-state index < -0.39 is 0 Å². The van der Waals surface area contributed by atoms with Gasteiger partial charge in [0.1, 0.15) is 5.75 Å². The molecule has 18 heavy (non-hydrogen) atoms. The minimum absolute atomic E-state index is 0.299. The van der Waals surface area contributed by atoms with E-state index in [1.165, 1.54) is 5.56 Å². The van der Waals surface area contributed by atoms with Crippen LogP contribution in [0.4, 0.5) is 0 Å². The third-order valence-corrected chi connectivity index (χ3v) is 3.46. The molecule has 0 unspecified atom stereocenters. The highest BCUT2D eigenvalue weighted by molar-refractivity contribution is 9.10. The third kappa shape index (κ3) is 2.91. The predicted octanol–water partition coefficient (Wildman–Crippen LogP) is 2.49. The van der Waals surface area contributed by atoms with Gasteiger partial charge in [-0.15, -0.1) is 0 Å². The van der Waals surface area contributed by atoms with Gasteiger partial charge in [0.25, 0.3) is 0 Å². The van der Waals surface area contributed by atoms with E-state index in [2.05, 4.69) is 26.3 Å². The van der Waals surface area contributed by atoms with E-state index in [9.17, 15) is 5.11 Å². The molecule has 0 atom stereocenters. The fraction of sp³-hybridized carbons (Fsp3) is 0.308. The number of benzene rings is 1. The molecule has 0 aliphatic heterocycles. The molecule has 2 aromatic rings. The first-order valence-corrected chi connectivity index (χ1v) is 6.53. The number of para-hydroxylation sites is 1. The summed E-state index contributed by atoms with van der Waals surface area (Å²) >= 11 is 3.31. The maximum absolute atomic E-state index is 9.85. The van der Waals surface area contributed by atoms with Crippen LogP contribution in [0.2, 0.25) is 0 Å². The minimum Gasteiger partial charge on any atom is -0.506 e. The Kier molecular flexibility index (Phi) is 4.04. The second kappa shape index (κ2) is 5.54. The number of aromatic hydroxyl groups is 1. The Labute approximate surface area is 115 Å². The van der Waals surface area contributed by atoms with Crippen LogP contribution in [0.15, 0.2) is 28.9 Å². The van der Waals surface area contributed by atoms with Gasteiger partial charge in [0.05, 0.1) is 10.2 Å². The first kappa shape index (κ1) is 13.1. The number of hydrogen-bond acceptors (Lipinski definition) is 3. The molecule has 4 nitrogen and oxygen atoms in total. The second-order valence-corrected chi connectivity index (χ2v) is 5.12. The van der Waals surface area contributed by atoms with Gasteiger partial charge in [0, 0.05) is 37.5 Å². The van der Waals surface area contributed by atoms with Crippen LogP contribution in [-0.2, 0) is 20.1 Å². The Balaban J connectivity index is 1.96. The molecule has 1 aromatic carbocycles. The molecule has 0 saturated heterocycles. The van der Waals surface area contributed by atoms with Crippen molar-refractivity contribution in [3.8, 4) is 5.75 Å². The fourth-order valence-electron chi connectivity index (χ4n) is 1.86. The van der Waals surface area contributed by atoms with Crippen LogP contribution in [-0.4, -0.2) is 14.9 Å². The molecule has 0 amide bonds. The van der Waals surface area contributed by atoms with Crippen molar-refractivity contribution in [3.63, 3.8) is 0 Å². The molecule has 1 aromatic heterocycles. The Bertz CT molecular complexity index is 551. The lowest BCUT2D eigenvalue weighted by molar-refractivity contribution is 0.461. The Morgan fingerprint density at radius 3 is 2.72 bits per heavy atom. The van der Waals surface area contributed by atoms with Crippen molar-refractivity contribution < 1.29 is 5.11 Å². The van der Waals surface area contributed by atoms with Crippen LogP contribution in [0.25, 0.3) is 0 Å². The van der Waals surface area contributed by atoms with Crippen LogP contribution >= 0.6 is 15.9 Å². The number of rotatable bonds is 4. The average Bonchev–Trinajstić information content (AvgIpc) is 2.63. The van der Waals surface area contributed by atoms with Gasteiger partial charge >= 0.3 is 0 Å². The van der Waals surface area contributed by atoms with E-state index >= 15 is 0 Å². The summed E-state index contributed by atoms with van der Waals surface area (Å²) in [5.41, 5.74) is 3.08. The molecular weight excluding hydrogens is 294 g/mol. The highest BCUT2D eigenvalue weighted by atomic mass is 79.9. The van der Waals surface area contributed by atoms with Crippen molar-refractivity contribution in [2.45, 2.75) is 20.0 Å². The van der Waals surface area contributed by atoms with Gasteiger partial charge in [0.15, 0.2) is 0 Å². The van der Waals surface area contributed by atoms with Gasteiger partial charge < -0.3 is 10.4 Å². The highest BCUT2D eigenvalue weighted by Crippen LogP contribution is 2.27. The van der Waals surface area contributed by atoms with Gasteiger partial charge in [-0.25, -0.2) is 0 Å². The predicted molar refractivity (Wildman–Crippen MR) is 74.3 cm³/mol. The number of phenolic OH excluding ortho intramolecular Hbond substituents is 1. The van der Waals surface area contributed by atoms with E-state index in [-0.39, 0.29) is 0 Å². The Morgan fingerprint density at radius 1 is 1.33 bits per heavy atom. The first-order chi connectivity index (χ1) is 8.58. The van der Waals surface area contributed by atoms with E-state index in [0.29, 0.717) is 12.3 Å². The van der Waals surface area contributed by atoms with Crippen LogP contribution < -0.4 is 5.32 Å². The van der Waals surface area contributed by atoms with Crippen molar-refractivity contribution >= 4 is 15.9 Å². The van der Waals surface area contributed by atoms with Crippen molar-refractivity contribution in [3.05, 3.63) is 45.7 Å². The Hall–Kier alpha value is -1.33. The highest BCUT2D eigenvalue weighted by Gasteiger charge is 2.06. The van der Waals surface area contributed by atoms with Gasteiger partial charge in [-0.2, -0.15) is 5.10 Å². The molecule has 2 rings (SSSR count). The smallest absolute Gasteiger partial charge is 0.134 e. The molecule has 0 aliphatic rings. The molecule has 5 heteroatoms. The molecule has 0 saturated carbocycles. The lowest BCUT2D eigenvalue weighted by Crippen LogP contribution is -2.13. The number of phenols is 1.